The minimum Gasteiger partial charge on any atom is -0.480 e. The third-order valence-electron chi connectivity index (χ3n) is 2.95. The van der Waals surface area contributed by atoms with Gasteiger partial charge in [-0.15, -0.1) is 0 Å². The highest BCUT2D eigenvalue weighted by atomic mass is 79.9. The van der Waals surface area contributed by atoms with Crippen LogP contribution in [-0.4, -0.2) is 36.9 Å². The molecule has 1 atom stereocenters. The van der Waals surface area contributed by atoms with Gasteiger partial charge in [-0.3, -0.25) is 0 Å². The first-order valence-electron chi connectivity index (χ1n) is 6.41. The summed E-state index contributed by atoms with van der Waals surface area (Å²) in [7, 11) is 1.48. The van der Waals surface area contributed by atoms with Crippen molar-refractivity contribution >= 4 is 33.6 Å². The molecule has 2 amide bonds. The molecule has 116 valence electrons. The van der Waals surface area contributed by atoms with E-state index in [1.54, 1.807) is 0 Å². The smallest absolute Gasteiger partial charge is 0.326 e. The number of carbonyl (C=O) groups excluding carboxylic acids is 1. The molecule has 0 aromatic heterocycles. The highest BCUT2D eigenvalue weighted by molar-refractivity contribution is 9.10. The van der Waals surface area contributed by atoms with Gasteiger partial charge in [0.15, 0.2) is 0 Å². The lowest BCUT2D eigenvalue weighted by atomic mass is 10.1. The Labute approximate surface area is 132 Å². The van der Waals surface area contributed by atoms with E-state index in [0.29, 0.717) is 5.69 Å². The number of halogens is 1. The highest BCUT2D eigenvalue weighted by Crippen LogP contribution is 2.24. The van der Waals surface area contributed by atoms with Crippen molar-refractivity contribution in [1.29, 1.82) is 0 Å². The average Bonchev–Trinajstić information content (AvgIpc) is 2.38. The Bertz CT molecular complexity index is 511. The monoisotopic (exact) mass is 358 g/mol. The van der Waals surface area contributed by atoms with Crippen molar-refractivity contribution in [3.8, 4) is 0 Å². The number of methoxy groups -OCH3 is 1. The second kappa shape index (κ2) is 7.99. The van der Waals surface area contributed by atoms with Crippen LogP contribution < -0.4 is 10.6 Å². The number of benzene rings is 1. The van der Waals surface area contributed by atoms with Crippen LogP contribution >= 0.6 is 15.9 Å². The second-order valence-corrected chi connectivity index (χ2v) is 5.60. The van der Waals surface area contributed by atoms with Crippen molar-refractivity contribution in [3.63, 3.8) is 0 Å². The van der Waals surface area contributed by atoms with E-state index in [1.165, 1.54) is 7.11 Å². The van der Waals surface area contributed by atoms with E-state index >= 15 is 0 Å². The van der Waals surface area contributed by atoms with E-state index in [4.69, 9.17) is 9.84 Å². The molecule has 0 saturated heterocycles. The summed E-state index contributed by atoms with van der Waals surface area (Å²) in [5.74, 6) is -1.09. The molecule has 0 bridgehead atoms. The van der Waals surface area contributed by atoms with Crippen molar-refractivity contribution < 1.29 is 19.4 Å². The zero-order valence-corrected chi connectivity index (χ0v) is 13.8. The number of nitrogens with one attached hydrogen (secondary N) is 2. The summed E-state index contributed by atoms with van der Waals surface area (Å²) in [4.78, 5) is 23.0. The van der Waals surface area contributed by atoms with Crippen LogP contribution in [0.4, 0.5) is 10.5 Å². The maximum atomic E-state index is 11.9. The molecular weight excluding hydrogens is 340 g/mol. The number of hydrogen-bond donors (Lipinski definition) is 3. The predicted octanol–water partition coefficient (Wildman–Crippen LogP) is 2.68. The molecule has 7 heteroatoms. The van der Waals surface area contributed by atoms with Gasteiger partial charge in [0.2, 0.25) is 0 Å². The van der Waals surface area contributed by atoms with Crippen LogP contribution in [0.1, 0.15) is 17.5 Å². The quantitative estimate of drug-likeness (QED) is 0.729. The Morgan fingerprint density at radius 2 is 1.90 bits per heavy atom. The van der Waals surface area contributed by atoms with E-state index in [-0.39, 0.29) is 13.0 Å². The van der Waals surface area contributed by atoms with Crippen LogP contribution in [0.2, 0.25) is 0 Å². The molecule has 1 aromatic rings. The zero-order chi connectivity index (χ0) is 16.0. The summed E-state index contributed by atoms with van der Waals surface area (Å²) in [5.41, 5.74) is 2.45. The first kappa shape index (κ1) is 17.5. The fraction of sp³-hybridized carbons (Fsp3) is 0.429. The van der Waals surface area contributed by atoms with E-state index in [9.17, 15) is 9.59 Å². The average molecular weight is 359 g/mol. The molecule has 0 fully saturated rings. The van der Waals surface area contributed by atoms with Gasteiger partial charge in [-0.25, -0.2) is 9.59 Å². The van der Waals surface area contributed by atoms with Gasteiger partial charge in [0.1, 0.15) is 6.04 Å². The third kappa shape index (κ3) is 5.35. The van der Waals surface area contributed by atoms with Crippen molar-refractivity contribution in [2.45, 2.75) is 26.3 Å². The molecule has 0 heterocycles. The van der Waals surface area contributed by atoms with Gasteiger partial charge < -0.3 is 20.5 Å². The first-order valence-corrected chi connectivity index (χ1v) is 7.20. The number of amides is 2. The maximum absolute atomic E-state index is 11.9. The second-order valence-electron chi connectivity index (χ2n) is 4.69. The molecule has 6 nitrogen and oxygen atoms in total. The van der Waals surface area contributed by atoms with Crippen LogP contribution in [-0.2, 0) is 9.53 Å². The number of carboxylic acids is 1. The number of hydrogen-bond acceptors (Lipinski definition) is 3. The standard InChI is InChI=1S/C14H19BrN2O4/c1-8-6-10(15)7-9(2)12(8)17-14(20)16-11(13(18)19)4-5-21-3/h6-7,11H,4-5H2,1-3H3,(H,18,19)(H2,16,17,20). The van der Waals surface area contributed by atoms with Crippen LogP contribution in [0, 0.1) is 13.8 Å². The van der Waals surface area contributed by atoms with Gasteiger partial charge in [-0.05, 0) is 37.1 Å². The summed E-state index contributed by atoms with van der Waals surface area (Å²) < 4.78 is 5.76. The number of anilines is 1. The maximum Gasteiger partial charge on any atom is 0.326 e. The molecule has 1 unspecified atom stereocenters. The molecule has 0 radical (unpaired) electrons. The summed E-state index contributed by atoms with van der Waals surface area (Å²) >= 11 is 3.38. The zero-order valence-electron chi connectivity index (χ0n) is 12.2. The van der Waals surface area contributed by atoms with Gasteiger partial charge in [0.05, 0.1) is 0 Å². The van der Waals surface area contributed by atoms with Gasteiger partial charge in [0, 0.05) is 30.3 Å². The first-order chi connectivity index (χ1) is 9.85. The normalized spacial score (nSPS) is 11.8. The predicted molar refractivity (Wildman–Crippen MR) is 83.7 cm³/mol. The van der Waals surface area contributed by atoms with E-state index in [2.05, 4.69) is 26.6 Å². The number of carbonyl (C=O) groups is 2. The molecule has 21 heavy (non-hydrogen) atoms. The number of rotatable bonds is 6. The van der Waals surface area contributed by atoms with Gasteiger partial charge in [0.25, 0.3) is 0 Å². The summed E-state index contributed by atoms with van der Waals surface area (Å²) in [6.07, 6.45) is 0.206. The van der Waals surface area contributed by atoms with Crippen LogP contribution in [0.3, 0.4) is 0 Å². The molecule has 3 N–H and O–H groups in total. The van der Waals surface area contributed by atoms with Crippen molar-refractivity contribution in [3.05, 3.63) is 27.7 Å². The molecule has 1 aromatic carbocycles. The summed E-state index contributed by atoms with van der Waals surface area (Å²) in [5, 5.41) is 14.2. The van der Waals surface area contributed by atoms with Gasteiger partial charge >= 0.3 is 12.0 Å². The minimum absolute atomic E-state index is 0.206. The Kier molecular flexibility index (Phi) is 6.64. The number of carboxylic acid groups (broad SMARTS) is 1. The van der Waals surface area contributed by atoms with Crippen molar-refractivity contribution in [2.24, 2.45) is 0 Å². The third-order valence-corrected chi connectivity index (χ3v) is 3.41. The van der Waals surface area contributed by atoms with Gasteiger partial charge in [-0.2, -0.15) is 0 Å². The Hall–Kier alpha value is -1.60. The van der Waals surface area contributed by atoms with Gasteiger partial charge in [-0.1, -0.05) is 15.9 Å². The van der Waals surface area contributed by atoms with Crippen LogP contribution in [0.25, 0.3) is 0 Å². The van der Waals surface area contributed by atoms with Crippen molar-refractivity contribution in [1.82, 2.24) is 5.32 Å². The molecule has 0 aliphatic heterocycles. The molecule has 0 aliphatic carbocycles. The Balaban J connectivity index is 2.74. The number of ether oxygens (including phenoxy) is 1. The van der Waals surface area contributed by atoms with Crippen LogP contribution in [0.5, 0.6) is 0 Å². The number of urea groups is 1. The molecule has 0 aliphatic rings. The molecule has 0 spiro atoms. The summed E-state index contributed by atoms with van der Waals surface area (Å²) in [6.45, 7) is 3.99. The van der Waals surface area contributed by atoms with E-state index < -0.39 is 18.0 Å². The molecule has 0 saturated carbocycles. The van der Waals surface area contributed by atoms with Crippen molar-refractivity contribution in [2.75, 3.05) is 19.0 Å². The molecule has 1 rings (SSSR count). The number of aryl methyl sites for hydroxylation is 2. The fourth-order valence-corrected chi connectivity index (χ4v) is 2.60. The fourth-order valence-electron chi connectivity index (χ4n) is 1.91. The largest absolute Gasteiger partial charge is 0.480 e. The molecular formula is C14H19BrN2O4. The lowest BCUT2D eigenvalue weighted by molar-refractivity contribution is -0.139. The Morgan fingerprint density at radius 3 is 2.38 bits per heavy atom. The number of aliphatic carboxylic acids is 1. The summed E-state index contributed by atoms with van der Waals surface area (Å²) in [6, 6.07) is 2.22. The lowest BCUT2D eigenvalue weighted by Crippen LogP contribution is -2.43. The lowest BCUT2D eigenvalue weighted by Gasteiger charge is -2.17. The minimum atomic E-state index is -1.09. The SMILES string of the molecule is COCCC(NC(=O)Nc1c(C)cc(Br)cc1C)C(=O)O. The Morgan fingerprint density at radius 1 is 1.33 bits per heavy atom. The highest BCUT2D eigenvalue weighted by Gasteiger charge is 2.20. The van der Waals surface area contributed by atoms with E-state index in [0.717, 1.165) is 15.6 Å². The van der Waals surface area contributed by atoms with E-state index in [1.807, 2.05) is 26.0 Å². The topological polar surface area (TPSA) is 87.7 Å². The van der Waals surface area contributed by atoms with Crippen LogP contribution in [0.15, 0.2) is 16.6 Å².